The topological polar surface area (TPSA) is 56.8 Å². The molecule has 70 valence electrons. The predicted molar refractivity (Wildman–Crippen MR) is 43.5 cm³/mol. The van der Waals surface area contributed by atoms with Gasteiger partial charge in [0.05, 0.1) is 19.8 Å². The Hall–Kier alpha value is -0.220. The highest BCUT2D eigenvalue weighted by Gasteiger charge is 2.18. The first-order valence-electron chi connectivity index (χ1n) is 3.72. The smallest absolute Gasteiger partial charge is 0.332 e. The third kappa shape index (κ3) is 3.97. The Bertz CT molecular complexity index is 148. The van der Waals surface area contributed by atoms with E-state index < -0.39 is 8.60 Å². The average Bonchev–Trinajstić information content (AvgIpc) is 2.49. The zero-order valence-electron chi connectivity index (χ0n) is 6.91. The van der Waals surface area contributed by atoms with E-state index in [2.05, 4.69) is 5.32 Å². The van der Waals surface area contributed by atoms with Crippen LogP contribution in [0.2, 0.25) is 0 Å². The lowest BCUT2D eigenvalue weighted by molar-refractivity contribution is -0.119. The molecule has 1 aliphatic rings. The van der Waals surface area contributed by atoms with E-state index in [1.807, 2.05) is 0 Å². The molecule has 0 bridgehead atoms. The Balaban J connectivity index is 1.91. The molecule has 1 heterocycles. The fourth-order valence-electron chi connectivity index (χ4n) is 0.683. The van der Waals surface area contributed by atoms with Crippen molar-refractivity contribution in [3.8, 4) is 0 Å². The maximum Gasteiger partial charge on any atom is 0.332 e. The van der Waals surface area contributed by atoms with Crippen LogP contribution in [-0.2, 0) is 18.4 Å². The van der Waals surface area contributed by atoms with Crippen LogP contribution in [0.5, 0.6) is 0 Å². The van der Waals surface area contributed by atoms with Crippen LogP contribution in [0.3, 0.4) is 0 Å². The molecule has 1 saturated heterocycles. The number of nitrogens with one attached hydrogen (secondary N) is 1. The lowest BCUT2D eigenvalue weighted by Gasteiger charge is -2.07. The van der Waals surface area contributed by atoms with Gasteiger partial charge < -0.3 is 18.9 Å². The molecular weight excluding hydrogens is 181 g/mol. The summed E-state index contributed by atoms with van der Waals surface area (Å²) in [4.78, 5) is 10.4. The molecule has 1 aliphatic heterocycles. The lowest BCUT2D eigenvalue weighted by Crippen LogP contribution is -2.23. The van der Waals surface area contributed by atoms with Crippen LogP contribution in [0.4, 0.5) is 0 Å². The molecule has 1 N–H and O–H groups in total. The zero-order valence-corrected chi connectivity index (χ0v) is 7.80. The first kappa shape index (κ1) is 9.86. The van der Waals surface area contributed by atoms with Gasteiger partial charge in [-0.2, -0.15) is 0 Å². The third-order valence-electron chi connectivity index (χ3n) is 1.15. The molecule has 1 rings (SSSR count). The zero-order chi connectivity index (χ0) is 8.81. The van der Waals surface area contributed by atoms with E-state index in [0.717, 1.165) is 0 Å². The first-order valence-corrected chi connectivity index (χ1v) is 4.82. The maximum absolute atomic E-state index is 10.4. The molecule has 0 radical (unpaired) electrons. The lowest BCUT2D eigenvalue weighted by atomic mass is 10.6. The summed E-state index contributed by atoms with van der Waals surface area (Å²) in [5.74, 6) is -0.0559. The van der Waals surface area contributed by atoms with Gasteiger partial charge in [0.1, 0.15) is 0 Å². The van der Waals surface area contributed by atoms with Crippen LogP contribution in [-0.4, -0.2) is 32.3 Å². The fourth-order valence-corrected chi connectivity index (χ4v) is 1.59. The number of rotatable bonds is 4. The van der Waals surface area contributed by atoms with Crippen molar-refractivity contribution in [2.24, 2.45) is 0 Å². The molecule has 0 saturated carbocycles. The van der Waals surface area contributed by atoms with E-state index in [4.69, 9.17) is 13.6 Å². The van der Waals surface area contributed by atoms with E-state index in [-0.39, 0.29) is 5.91 Å². The number of hydrogen-bond acceptors (Lipinski definition) is 4. The van der Waals surface area contributed by atoms with Gasteiger partial charge in [0.2, 0.25) is 5.91 Å². The Morgan fingerprint density at radius 1 is 1.58 bits per heavy atom. The van der Waals surface area contributed by atoms with Crippen molar-refractivity contribution >= 4 is 14.5 Å². The molecule has 5 nitrogen and oxygen atoms in total. The Morgan fingerprint density at radius 2 is 2.25 bits per heavy atom. The Labute approximate surface area is 72.4 Å². The molecule has 0 unspecified atom stereocenters. The molecule has 0 aromatic heterocycles. The number of carbonyl (C=O) groups excluding carboxylic acids is 1. The second-order valence-electron chi connectivity index (χ2n) is 2.21. The van der Waals surface area contributed by atoms with Crippen molar-refractivity contribution in [2.45, 2.75) is 6.92 Å². The largest absolute Gasteiger partial charge is 0.354 e. The van der Waals surface area contributed by atoms with E-state index in [0.29, 0.717) is 26.4 Å². The van der Waals surface area contributed by atoms with Crippen molar-refractivity contribution < 1.29 is 18.4 Å². The van der Waals surface area contributed by atoms with Crippen LogP contribution in [0, 0.1) is 0 Å². The summed E-state index contributed by atoms with van der Waals surface area (Å²) in [7, 11) is -1.13. The molecule has 12 heavy (non-hydrogen) atoms. The molecule has 0 aliphatic carbocycles. The minimum Gasteiger partial charge on any atom is -0.354 e. The summed E-state index contributed by atoms with van der Waals surface area (Å²) in [6.07, 6.45) is 0. The molecule has 0 aromatic carbocycles. The van der Waals surface area contributed by atoms with Gasteiger partial charge >= 0.3 is 8.60 Å². The summed E-state index contributed by atoms with van der Waals surface area (Å²) < 4.78 is 15.3. The van der Waals surface area contributed by atoms with E-state index in [1.165, 1.54) is 6.92 Å². The van der Waals surface area contributed by atoms with Crippen LogP contribution < -0.4 is 5.32 Å². The maximum atomic E-state index is 10.4. The predicted octanol–water partition coefficient (Wildman–Crippen LogP) is 0.413. The van der Waals surface area contributed by atoms with Gasteiger partial charge in [0.15, 0.2) is 0 Å². The molecule has 0 spiro atoms. The standard InChI is InChI=1S/C6H12NO4P/c1-6(8)7-2-3-9-12-10-4-5-11-12/h2-5H2,1H3,(H,7,8). The van der Waals surface area contributed by atoms with Crippen LogP contribution >= 0.6 is 8.60 Å². The highest BCUT2D eigenvalue weighted by Crippen LogP contribution is 2.42. The van der Waals surface area contributed by atoms with Crippen molar-refractivity contribution in [1.82, 2.24) is 5.32 Å². The summed E-state index contributed by atoms with van der Waals surface area (Å²) >= 11 is 0. The van der Waals surface area contributed by atoms with Crippen LogP contribution in [0.25, 0.3) is 0 Å². The van der Waals surface area contributed by atoms with Gasteiger partial charge in [0.25, 0.3) is 0 Å². The van der Waals surface area contributed by atoms with E-state index >= 15 is 0 Å². The Morgan fingerprint density at radius 3 is 2.83 bits per heavy atom. The van der Waals surface area contributed by atoms with Crippen molar-refractivity contribution in [3.05, 3.63) is 0 Å². The van der Waals surface area contributed by atoms with Gasteiger partial charge in [-0.3, -0.25) is 4.79 Å². The van der Waals surface area contributed by atoms with Gasteiger partial charge in [-0.05, 0) is 0 Å². The minimum atomic E-state index is -1.13. The summed E-state index contributed by atoms with van der Waals surface area (Å²) in [5, 5.41) is 2.60. The van der Waals surface area contributed by atoms with Crippen molar-refractivity contribution in [2.75, 3.05) is 26.4 Å². The molecule has 0 atom stereocenters. The van der Waals surface area contributed by atoms with Gasteiger partial charge in [0, 0.05) is 13.5 Å². The van der Waals surface area contributed by atoms with Gasteiger partial charge in [-0.15, -0.1) is 0 Å². The second kappa shape index (κ2) is 5.43. The number of hydrogen-bond donors (Lipinski definition) is 1. The quantitative estimate of drug-likeness (QED) is 0.519. The van der Waals surface area contributed by atoms with Crippen LogP contribution in [0.1, 0.15) is 6.92 Å². The molecule has 6 heteroatoms. The number of carbonyl (C=O) groups is 1. The minimum absolute atomic E-state index is 0.0559. The van der Waals surface area contributed by atoms with E-state index in [1.54, 1.807) is 0 Å². The summed E-state index contributed by atoms with van der Waals surface area (Å²) in [6.45, 7) is 3.61. The van der Waals surface area contributed by atoms with Crippen LogP contribution in [0.15, 0.2) is 0 Å². The first-order chi connectivity index (χ1) is 5.79. The highest BCUT2D eigenvalue weighted by molar-refractivity contribution is 7.41. The summed E-state index contributed by atoms with van der Waals surface area (Å²) in [5.41, 5.74) is 0. The third-order valence-corrected chi connectivity index (χ3v) is 2.33. The Kier molecular flexibility index (Phi) is 4.46. The molecule has 1 amide bonds. The molecule has 1 fully saturated rings. The monoisotopic (exact) mass is 193 g/mol. The highest BCUT2D eigenvalue weighted by atomic mass is 31.2. The average molecular weight is 193 g/mol. The van der Waals surface area contributed by atoms with E-state index in [9.17, 15) is 4.79 Å². The van der Waals surface area contributed by atoms with Crippen molar-refractivity contribution in [1.29, 1.82) is 0 Å². The fraction of sp³-hybridized carbons (Fsp3) is 0.833. The normalized spacial score (nSPS) is 18.1. The number of amides is 1. The SMILES string of the molecule is CC(=O)NCCOP1OCCO1. The van der Waals surface area contributed by atoms with Gasteiger partial charge in [-0.1, -0.05) is 0 Å². The summed E-state index contributed by atoms with van der Waals surface area (Å²) in [6, 6.07) is 0. The second-order valence-corrected chi connectivity index (χ2v) is 3.43. The van der Waals surface area contributed by atoms with Crippen molar-refractivity contribution in [3.63, 3.8) is 0 Å². The molecule has 0 aromatic rings. The molecular formula is C6H12NO4P. The van der Waals surface area contributed by atoms with Gasteiger partial charge in [-0.25, -0.2) is 0 Å².